The first-order chi connectivity index (χ1) is 14.6. The maximum atomic E-state index is 13.2. The van der Waals surface area contributed by atoms with Crippen molar-refractivity contribution in [3.63, 3.8) is 0 Å². The smallest absolute Gasteiger partial charge is 0.276 e. The van der Waals surface area contributed by atoms with E-state index in [1.165, 1.54) is 0 Å². The second-order valence-corrected chi connectivity index (χ2v) is 7.68. The highest BCUT2D eigenvalue weighted by molar-refractivity contribution is 6.30. The quantitative estimate of drug-likeness (QED) is 0.580. The van der Waals surface area contributed by atoms with Crippen molar-refractivity contribution in [3.8, 4) is 17.2 Å². The van der Waals surface area contributed by atoms with E-state index in [2.05, 4.69) is 5.32 Å². The minimum atomic E-state index is -0.246. The predicted molar refractivity (Wildman–Crippen MR) is 117 cm³/mol. The van der Waals surface area contributed by atoms with Gasteiger partial charge in [0.15, 0.2) is 5.69 Å². The van der Waals surface area contributed by atoms with Gasteiger partial charge in [-0.3, -0.25) is 4.79 Å². The predicted octanol–water partition coefficient (Wildman–Crippen LogP) is 5.06. The topological polar surface area (TPSA) is 65.4 Å². The molecule has 6 nitrogen and oxygen atoms in total. The van der Waals surface area contributed by atoms with Gasteiger partial charge in [0.1, 0.15) is 11.5 Å². The van der Waals surface area contributed by atoms with Crippen molar-refractivity contribution in [2.75, 3.05) is 19.5 Å². The Morgan fingerprint density at radius 1 is 1.03 bits per heavy atom. The van der Waals surface area contributed by atoms with E-state index in [1.54, 1.807) is 32.4 Å². The molecule has 2 aromatic carbocycles. The number of carbonyl (C=O) groups is 1. The van der Waals surface area contributed by atoms with Crippen molar-refractivity contribution < 1.29 is 14.3 Å². The van der Waals surface area contributed by atoms with Crippen molar-refractivity contribution in [2.45, 2.75) is 32.1 Å². The van der Waals surface area contributed by atoms with Crippen molar-refractivity contribution in [1.82, 2.24) is 9.78 Å². The van der Waals surface area contributed by atoms with Crippen LogP contribution in [-0.2, 0) is 12.8 Å². The van der Waals surface area contributed by atoms with Crippen LogP contribution in [0.5, 0.6) is 11.5 Å². The van der Waals surface area contributed by atoms with E-state index in [0.29, 0.717) is 27.9 Å². The fraction of sp³-hybridized carbons (Fsp3) is 0.304. The van der Waals surface area contributed by atoms with E-state index in [0.717, 1.165) is 49.0 Å². The van der Waals surface area contributed by atoms with Crippen LogP contribution in [0.2, 0.25) is 5.02 Å². The molecule has 0 spiro atoms. The standard InChI is InChI=1S/C23H24ClN3O3/c1-29-17-12-13-19(21(14-17)30-2)25-23(28)22-18-6-4-3-5-7-20(18)27(26-22)16-10-8-15(24)9-11-16/h8-14H,3-7H2,1-2H3,(H,25,28). The van der Waals surface area contributed by atoms with Gasteiger partial charge in [0, 0.05) is 22.3 Å². The van der Waals surface area contributed by atoms with E-state index >= 15 is 0 Å². The number of ether oxygens (including phenoxy) is 2. The summed E-state index contributed by atoms with van der Waals surface area (Å²) in [6.45, 7) is 0. The largest absolute Gasteiger partial charge is 0.497 e. The molecule has 1 amide bonds. The molecule has 156 valence electrons. The van der Waals surface area contributed by atoms with Gasteiger partial charge in [-0.05, 0) is 62.1 Å². The number of methoxy groups -OCH3 is 2. The molecule has 1 aliphatic carbocycles. The van der Waals surface area contributed by atoms with Gasteiger partial charge < -0.3 is 14.8 Å². The van der Waals surface area contributed by atoms with Crippen LogP contribution < -0.4 is 14.8 Å². The lowest BCUT2D eigenvalue weighted by molar-refractivity contribution is 0.102. The third-order valence-corrected chi connectivity index (χ3v) is 5.63. The van der Waals surface area contributed by atoms with Crippen LogP contribution in [0.25, 0.3) is 5.69 Å². The SMILES string of the molecule is COc1ccc(NC(=O)c2nn(-c3ccc(Cl)cc3)c3c2CCCCC3)c(OC)c1. The average molecular weight is 426 g/mol. The van der Waals surface area contributed by atoms with Gasteiger partial charge in [0.25, 0.3) is 5.91 Å². The molecule has 7 heteroatoms. The van der Waals surface area contributed by atoms with Gasteiger partial charge >= 0.3 is 0 Å². The number of rotatable bonds is 5. The monoisotopic (exact) mass is 425 g/mol. The molecule has 3 aromatic rings. The molecule has 0 saturated heterocycles. The van der Waals surface area contributed by atoms with E-state index in [4.69, 9.17) is 26.2 Å². The van der Waals surface area contributed by atoms with Gasteiger partial charge in [-0.2, -0.15) is 5.10 Å². The van der Waals surface area contributed by atoms with Crippen LogP contribution in [0.4, 0.5) is 5.69 Å². The summed E-state index contributed by atoms with van der Waals surface area (Å²) in [5, 5.41) is 8.34. The lowest BCUT2D eigenvalue weighted by Crippen LogP contribution is -2.15. The van der Waals surface area contributed by atoms with Gasteiger partial charge in [-0.15, -0.1) is 0 Å². The van der Waals surface area contributed by atoms with E-state index in [-0.39, 0.29) is 5.91 Å². The summed E-state index contributed by atoms with van der Waals surface area (Å²) in [4.78, 5) is 13.2. The number of benzene rings is 2. The summed E-state index contributed by atoms with van der Waals surface area (Å²) >= 11 is 6.05. The fourth-order valence-electron chi connectivity index (χ4n) is 3.84. The molecular formula is C23H24ClN3O3. The van der Waals surface area contributed by atoms with Crippen molar-refractivity contribution >= 4 is 23.2 Å². The molecule has 1 aliphatic rings. The van der Waals surface area contributed by atoms with Crippen molar-refractivity contribution in [3.05, 3.63) is 64.4 Å². The van der Waals surface area contributed by atoms with Crippen molar-refractivity contribution in [1.29, 1.82) is 0 Å². The number of fused-ring (bicyclic) bond motifs is 1. The van der Waals surface area contributed by atoms with E-state index < -0.39 is 0 Å². The van der Waals surface area contributed by atoms with Gasteiger partial charge in [-0.25, -0.2) is 4.68 Å². The van der Waals surface area contributed by atoms with Crippen LogP contribution in [0, 0.1) is 0 Å². The Hall–Kier alpha value is -2.99. The van der Waals surface area contributed by atoms with Crippen LogP contribution >= 0.6 is 11.6 Å². The molecular weight excluding hydrogens is 402 g/mol. The number of anilines is 1. The Labute approximate surface area is 180 Å². The van der Waals surface area contributed by atoms with E-state index in [9.17, 15) is 4.79 Å². The van der Waals surface area contributed by atoms with Gasteiger partial charge in [0.2, 0.25) is 0 Å². The molecule has 0 bridgehead atoms. The fourth-order valence-corrected chi connectivity index (χ4v) is 3.96. The van der Waals surface area contributed by atoms with Crippen LogP contribution in [0.15, 0.2) is 42.5 Å². The highest BCUT2D eigenvalue weighted by Gasteiger charge is 2.25. The third-order valence-electron chi connectivity index (χ3n) is 5.37. The van der Waals surface area contributed by atoms with Crippen LogP contribution in [0.3, 0.4) is 0 Å². The zero-order chi connectivity index (χ0) is 21.1. The average Bonchev–Trinajstić information content (AvgIpc) is 2.95. The molecule has 0 radical (unpaired) electrons. The Balaban J connectivity index is 1.72. The first kappa shape index (κ1) is 20.3. The lowest BCUT2D eigenvalue weighted by atomic mass is 10.1. The van der Waals surface area contributed by atoms with Crippen LogP contribution in [0.1, 0.15) is 41.0 Å². The molecule has 0 saturated carbocycles. The second kappa shape index (κ2) is 8.79. The third kappa shape index (κ3) is 4.00. The number of aromatic nitrogens is 2. The number of nitrogens with one attached hydrogen (secondary N) is 1. The first-order valence-corrected chi connectivity index (χ1v) is 10.4. The Morgan fingerprint density at radius 3 is 2.53 bits per heavy atom. The minimum Gasteiger partial charge on any atom is -0.497 e. The minimum absolute atomic E-state index is 0.246. The molecule has 30 heavy (non-hydrogen) atoms. The molecule has 1 heterocycles. The number of halogens is 1. The second-order valence-electron chi connectivity index (χ2n) is 7.24. The number of nitrogens with zero attached hydrogens (tertiary/aromatic N) is 2. The summed E-state index contributed by atoms with van der Waals surface area (Å²) in [6, 6.07) is 12.8. The Morgan fingerprint density at radius 2 is 1.80 bits per heavy atom. The lowest BCUT2D eigenvalue weighted by Gasteiger charge is -2.11. The highest BCUT2D eigenvalue weighted by Crippen LogP contribution is 2.31. The molecule has 1 N–H and O–H groups in total. The molecule has 0 unspecified atom stereocenters. The van der Waals surface area contributed by atoms with E-state index in [1.807, 2.05) is 28.9 Å². The summed E-state index contributed by atoms with van der Waals surface area (Å²) in [5.41, 5.74) is 4.05. The molecule has 0 atom stereocenters. The maximum absolute atomic E-state index is 13.2. The normalized spacial score (nSPS) is 13.3. The zero-order valence-electron chi connectivity index (χ0n) is 17.1. The maximum Gasteiger partial charge on any atom is 0.276 e. The Kier molecular flexibility index (Phi) is 5.95. The molecule has 0 fully saturated rings. The molecule has 4 rings (SSSR count). The van der Waals surface area contributed by atoms with Gasteiger partial charge in [-0.1, -0.05) is 18.0 Å². The number of hydrogen-bond acceptors (Lipinski definition) is 4. The molecule has 1 aromatic heterocycles. The highest BCUT2D eigenvalue weighted by atomic mass is 35.5. The Bertz CT molecular complexity index is 1060. The molecule has 0 aliphatic heterocycles. The van der Waals surface area contributed by atoms with Crippen molar-refractivity contribution in [2.24, 2.45) is 0 Å². The van der Waals surface area contributed by atoms with Crippen LogP contribution in [-0.4, -0.2) is 29.9 Å². The number of hydrogen-bond donors (Lipinski definition) is 1. The summed E-state index contributed by atoms with van der Waals surface area (Å²) < 4.78 is 12.5. The summed E-state index contributed by atoms with van der Waals surface area (Å²) in [7, 11) is 3.15. The summed E-state index contributed by atoms with van der Waals surface area (Å²) in [5.74, 6) is 0.945. The zero-order valence-corrected chi connectivity index (χ0v) is 17.8. The number of carbonyl (C=O) groups excluding carboxylic acids is 1. The number of amides is 1. The first-order valence-electron chi connectivity index (χ1n) is 10.0. The van der Waals surface area contributed by atoms with Gasteiger partial charge in [0.05, 0.1) is 25.6 Å². The summed E-state index contributed by atoms with van der Waals surface area (Å²) in [6.07, 6.45) is 5.00.